The fraction of sp³-hybridized carbons (Fsp3) is 0.957. The molecule has 0 unspecified atom stereocenters. The molecule has 0 aliphatic heterocycles. The summed E-state index contributed by atoms with van der Waals surface area (Å²) < 4.78 is 5.14. The highest BCUT2D eigenvalue weighted by atomic mass is 16.5. The predicted molar refractivity (Wildman–Crippen MR) is 110 cm³/mol. The van der Waals surface area contributed by atoms with Gasteiger partial charge in [0.05, 0.1) is 6.10 Å². The van der Waals surface area contributed by atoms with E-state index in [4.69, 9.17) is 4.74 Å². The number of esters is 1. The van der Waals surface area contributed by atoms with Gasteiger partial charge in [0.2, 0.25) is 0 Å². The summed E-state index contributed by atoms with van der Waals surface area (Å²) in [4.78, 5) is 10.8. The molecule has 0 amide bonds. The average Bonchev–Trinajstić information content (AvgIpc) is 2.57. The SMILES string of the molecule is CCCCCCCCCCCCCCCCCCC[C@@H](C)OC(C)=O. The van der Waals surface area contributed by atoms with Crippen molar-refractivity contribution in [1.82, 2.24) is 0 Å². The molecule has 0 aromatic heterocycles. The van der Waals surface area contributed by atoms with E-state index in [0.29, 0.717) is 0 Å². The summed E-state index contributed by atoms with van der Waals surface area (Å²) >= 11 is 0. The van der Waals surface area contributed by atoms with Gasteiger partial charge in [0.25, 0.3) is 0 Å². The number of rotatable bonds is 19. The van der Waals surface area contributed by atoms with Crippen molar-refractivity contribution >= 4 is 5.97 Å². The van der Waals surface area contributed by atoms with Gasteiger partial charge in [0.15, 0.2) is 0 Å². The largest absolute Gasteiger partial charge is 0.463 e. The molecule has 0 aliphatic rings. The molecule has 0 heterocycles. The van der Waals surface area contributed by atoms with Crippen LogP contribution in [-0.4, -0.2) is 12.1 Å². The normalized spacial score (nSPS) is 12.3. The summed E-state index contributed by atoms with van der Waals surface area (Å²) in [6, 6.07) is 0. The summed E-state index contributed by atoms with van der Waals surface area (Å²) in [5.41, 5.74) is 0. The molecule has 0 spiro atoms. The standard InChI is InChI=1S/C23H46O2/c1-4-5-6-7-8-9-10-11-12-13-14-15-16-17-18-19-20-21-22(2)25-23(3)24/h22H,4-21H2,1-3H3/t22-/m1/s1. The van der Waals surface area contributed by atoms with E-state index < -0.39 is 0 Å². The number of carbonyl (C=O) groups excluding carboxylic acids is 1. The second-order valence-electron chi connectivity index (χ2n) is 7.87. The molecule has 0 fully saturated rings. The lowest BCUT2D eigenvalue weighted by Gasteiger charge is -2.11. The Hall–Kier alpha value is -0.530. The zero-order valence-corrected chi connectivity index (χ0v) is 17.6. The molecule has 25 heavy (non-hydrogen) atoms. The van der Waals surface area contributed by atoms with Crippen LogP contribution in [0.4, 0.5) is 0 Å². The highest BCUT2D eigenvalue weighted by Gasteiger charge is 2.04. The van der Waals surface area contributed by atoms with E-state index in [1.54, 1.807) is 0 Å². The first kappa shape index (κ1) is 24.5. The molecule has 0 N–H and O–H groups in total. The number of ether oxygens (including phenoxy) is 1. The second kappa shape index (κ2) is 19.8. The van der Waals surface area contributed by atoms with Gasteiger partial charge in [-0.3, -0.25) is 4.79 Å². The van der Waals surface area contributed by atoms with Crippen LogP contribution in [0.5, 0.6) is 0 Å². The van der Waals surface area contributed by atoms with E-state index in [1.807, 2.05) is 6.92 Å². The molecule has 0 saturated heterocycles. The van der Waals surface area contributed by atoms with Crippen LogP contribution in [0.15, 0.2) is 0 Å². The summed E-state index contributed by atoms with van der Waals surface area (Å²) in [5.74, 6) is -0.153. The molecule has 2 heteroatoms. The van der Waals surface area contributed by atoms with Gasteiger partial charge < -0.3 is 4.74 Å². The topological polar surface area (TPSA) is 26.3 Å². The van der Waals surface area contributed by atoms with Crippen LogP contribution >= 0.6 is 0 Å². The highest BCUT2D eigenvalue weighted by Crippen LogP contribution is 2.14. The van der Waals surface area contributed by atoms with Crippen LogP contribution in [0.25, 0.3) is 0 Å². The van der Waals surface area contributed by atoms with Gasteiger partial charge in [-0.25, -0.2) is 0 Å². The Labute approximate surface area is 158 Å². The van der Waals surface area contributed by atoms with Gasteiger partial charge in [-0.05, 0) is 19.8 Å². The first-order chi connectivity index (χ1) is 12.2. The molecule has 0 radical (unpaired) electrons. The smallest absolute Gasteiger partial charge is 0.302 e. The average molecular weight is 355 g/mol. The molecule has 0 saturated carbocycles. The maximum absolute atomic E-state index is 10.8. The van der Waals surface area contributed by atoms with E-state index in [2.05, 4.69) is 6.92 Å². The van der Waals surface area contributed by atoms with Gasteiger partial charge in [0.1, 0.15) is 0 Å². The van der Waals surface area contributed by atoms with E-state index >= 15 is 0 Å². The van der Waals surface area contributed by atoms with Crippen LogP contribution in [0.3, 0.4) is 0 Å². The third-order valence-corrected chi connectivity index (χ3v) is 5.08. The minimum atomic E-state index is -0.153. The van der Waals surface area contributed by atoms with Gasteiger partial charge in [-0.2, -0.15) is 0 Å². The van der Waals surface area contributed by atoms with Crippen LogP contribution in [0, 0.1) is 0 Å². The molecule has 0 aromatic carbocycles. The zero-order valence-electron chi connectivity index (χ0n) is 17.6. The Kier molecular flexibility index (Phi) is 19.4. The van der Waals surface area contributed by atoms with E-state index in [-0.39, 0.29) is 12.1 Å². The van der Waals surface area contributed by atoms with Crippen LogP contribution in [-0.2, 0) is 9.53 Å². The van der Waals surface area contributed by atoms with Crippen molar-refractivity contribution in [3.63, 3.8) is 0 Å². The van der Waals surface area contributed by atoms with Crippen LogP contribution in [0.2, 0.25) is 0 Å². The Bertz CT molecular complexity index is 275. The fourth-order valence-corrected chi connectivity index (χ4v) is 3.50. The van der Waals surface area contributed by atoms with Gasteiger partial charge in [-0.15, -0.1) is 0 Å². The number of hydrogen-bond donors (Lipinski definition) is 0. The fourth-order valence-electron chi connectivity index (χ4n) is 3.50. The molecule has 0 rings (SSSR count). The molecule has 2 nitrogen and oxygen atoms in total. The van der Waals surface area contributed by atoms with Gasteiger partial charge in [-0.1, -0.05) is 110 Å². The van der Waals surface area contributed by atoms with E-state index in [9.17, 15) is 4.79 Å². The molecule has 0 aliphatic carbocycles. The highest BCUT2D eigenvalue weighted by molar-refractivity contribution is 5.66. The summed E-state index contributed by atoms with van der Waals surface area (Å²) in [5, 5.41) is 0. The quantitative estimate of drug-likeness (QED) is 0.173. The third-order valence-electron chi connectivity index (χ3n) is 5.08. The molecule has 0 aromatic rings. The number of carbonyl (C=O) groups is 1. The summed E-state index contributed by atoms with van der Waals surface area (Å²) in [6.45, 7) is 5.77. The van der Waals surface area contributed by atoms with Gasteiger partial charge >= 0.3 is 5.97 Å². The van der Waals surface area contributed by atoms with Crippen LogP contribution < -0.4 is 0 Å². The monoisotopic (exact) mass is 354 g/mol. The summed E-state index contributed by atoms with van der Waals surface area (Å²) in [6.07, 6.45) is 24.9. The van der Waals surface area contributed by atoms with Crippen molar-refractivity contribution in [2.24, 2.45) is 0 Å². The molecular weight excluding hydrogens is 308 g/mol. The minimum Gasteiger partial charge on any atom is -0.463 e. The lowest BCUT2D eigenvalue weighted by atomic mass is 10.0. The van der Waals surface area contributed by atoms with Crippen molar-refractivity contribution in [2.45, 2.75) is 142 Å². The second-order valence-corrected chi connectivity index (χ2v) is 7.87. The Morgan fingerprint density at radius 1 is 0.640 bits per heavy atom. The van der Waals surface area contributed by atoms with E-state index in [0.717, 1.165) is 6.42 Å². The number of unbranched alkanes of at least 4 members (excludes halogenated alkanes) is 16. The Balaban J connectivity index is 3.06. The lowest BCUT2D eigenvalue weighted by Crippen LogP contribution is -2.11. The van der Waals surface area contributed by atoms with Crippen molar-refractivity contribution in [1.29, 1.82) is 0 Å². The van der Waals surface area contributed by atoms with Crippen molar-refractivity contribution in [3.05, 3.63) is 0 Å². The Morgan fingerprint density at radius 3 is 1.28 bits per heavy atom. The molecule has 0 bridgehead atoms. The maximum Gasteiger partial charge on any atom is 0.302 e. The lowest BCUT2D eigenvalue weighted by molar-refractivity contribution is -0.145. The maximum atomic E-state index is 10.8. The first-order valence-corrected chi connectivity index (χ1v) is 11.3. The van der Waals surface area contributed by atoms with Crippen LogP contribution in [0.1, 0.15) is 136 Å². The van der Waals surface area contributed by atoms with Crippen molar-refractivity contribution in [3.8, 4) is 0 Å². The molecule has 150 valence electrons. The van der Waals surface area contributed by atoms with Crippen molar-refractivity contribution in [2.75, 3.05) is 0 Å². The Morgan fingerprint density at radius 2 is 0.960 bits per heavy atom. The van der Waals surface area contributed by atoms with Gasteiger partial charge in [0, 0.05) is 6.92 Å². The number of hydrogen-bond acceptors (Lipinski definition) is 2. The predicted octanol–water partition coefficient (Wildman–Crippen LogP) is 7.98. The third kappa shape index (κ3) is 21.4. The first-order valence-electron chi connectivity index (χ1n) is 11.3. The zero-order chi connectivity index (χ0) is 18.6. The minimum absolute atomic E-state index is 0.0915. The molecular formula is C23H46O2. The van der Waals surface area contributed by atoms with E-state index in [1.165, 1.54) is 116 Å². The van der Waals surface area contributed by atoms with Crippen molar-refractivity contribution < 1.29 is 9.53 Å². The molecule has 1 atom stereocenters. The summed E-state index contributed by atoms with van der Waals surface area (Å²) in [7, 11) is 0.